The Labute approximate surface area is 210 Å². The number of rotatable bonds is 2. The molecule has 0 unspecified atom stereocenters. The second kappa shape index (κ2) is 7.94. The Morgan fingerprint density at radius 2 is 1.86 bits per heavy atom. The number of alkyl halides is 3. The number of Topliss-reactive ketones (excluding diaryl/α,β-unsaturated/α-hetero) is 1. The summed E-state index contributed by atoms with van der Waals surface area (Å²) < 4.78 is 44.5. The molecule has 1 aliphatic heterocycles. The van der Waals surface area contributed by atoms with Crippen molar-refractivity contribution < 1.29 is 27.5 Å². The number of ether oxygens (including phenoxy) is 1. The van der Waals surface area contributed by atoms with Crippen LogP contribution in [0.15, 0.2) is 18.3 Å². The van der Waals surface area contributed by atoms with E-state index in [2.05, 4.69) is 18.8 Å². The summed E-state index contributed by atoms with van der Waals surface area (Å²) >= 11 is 0. The molecule has 1 amide bonds. The van der Waals surface area contributed by atoms with E-state index in [1.807, 2.05) is 0 Å². The fourth-order valence-electron chi connectivity index (χ4n) is 9.04. The SMILES string of the molecule is C[C@]12CC[C@@]3(C[C@@H]1CC[C@@H]1[C@@H]2CC[C@]2(C)C(=O)CC[C@@H]12)CN(Cc1ccc(C(F)(F)F)nc1)C(=O)O3. The van der Waals surface area contributed by atoms with Gasteiger partial charge in [-0.25, -0.2) is 4.79 Å². The summed E-state index contributed by atoms with van der Waals surface area (Å²) in [7, 11) is 0. The molecule has 1 aromatic heterocycles. The Bertz CT molecular complexity index is 1070. The number of carbonyl (C=O) groups excluding carboxylic acids is 2. The minimum absolute atomic E-state index is 0.116. The molecular weight excluding hydrogens is 469 g/mol. The van der Waals surface area contributed by atoms with E-state index in [9.17, 15) is 22.8 Å². The van der Waals surface area contributed by atoms with Crippen LogP contribution in [-0.2, 0) is 22.3 Å². The maximum Gasteiger partial charge on any atom is 0.433 e. The smallest absolute Gasteiger partial charge is 0.433 e. The highest BCUT2D eigenvalue weighted by molar-refractivity contribution is 5.87. The first-order chi connectivity index (χ1) is 16.9. The summed E-state index contributed by atoms with van der Waals surface area (Å²) in [5, 5.41) is 0. The van der Waals surface area contributed by atoms with E-state index in [0.717, 1.165) is 63.9 Å². The standard InChI is InChI=1S/C28H35F3N2O3/c1-25-11-12-27(16-33(24(35)36-27)15-17-3-7-22(32-14-17)28(29,30)31)13-18(25)4-5-19-20-6-8-23(34)26(20,2)10-9-21(19)25/h3,7,14,18-21H,4-6,8-13,15-16H2,1-2H3/t18-,19-,20-,21-,25-,26-,27+/m0/s1. The number of carbonyl (C=O) groups is 2. The molecule has 196 valence electrons. The molecule has 4 saturated carbocycles. The zero-order valence-corrected chi connectivity index (χ0v) is 21.1. The molecule has 1 spiro atoms. The summed E-state index contributed by atoms with van der Waals surface area (Å²) in [6, 6.07) is 2.35. The lowest BCUT2D eigenvalue weighted by molar-refractivity contribution is -0.149. The van der Waals surface area contributed by atoms with Crippen LogP contribution >= 0.6 is 0 Å². The van der Waals surface area contributed by atoms with Gasteiger partial charge in [-0.3, -0.25) is 14.7 Å². The normalized spacial score (nSPS) is 42.2. The summed E-state index contributed by atoms with van der Waals surface area (Å²) in [6.45, 7) is 5.34. The molecule has 8 heteroatoms. The van der Waals surface area contributed by atoms with Gasteiger partial charge in [0.25, 0.3) is 0 Å². The van der Waals surface area contributed by atoms with Crippen LogP contribution in [0, 0.1) is 34.5 Å². The van der Waals surface area contributed by atoms with Crippen LogP contribution in [0.25, 0.3) is 0 Å². The predicted octanol–water partition coefficient (Wildman–Crippen LogP) is 6.40. The molecule has 36 heavy (non-hydrogen) atoms. The summed E-state index contributed by atoms with van der Waals surface area (Å²) in [5.41, 5.74) is -0.791. The number of pyridine rings is 1. The van der Waals surface area contributed by atoms with Gasteiger partial charge >= 0.3 is 12.3 Å². The molecule has 0 aromatic carbocycles. The third-order valence-electron chi connectivity index (χ3n) is 11.0. The van der Waals surface area contributed by atoms with E-state index in [1.54, 1.807) is 4.90 Å². The van der Waals surface area contributed by atoms with Crippen LogP contribution in [0.3, 0.4) is 0 Å². The fourth-order valence-corrected chi connectivity index (χ4v) is 9.04. The van der Waals surface area contributed by atoms with Gasteiger partial charge in [0.15, 0.2) is 0 Å². The molecule has 5 nitrogen and oxygen atoms in total. The molecule has 6 rings (SSSR count). The van der Waals surface area contributed by atoms with Crippen molar-refractivity contribution in [1.29, 1.82) is 0 Å². The first-order valence-electron chi connectivity index (χ1n) is 13.5. The van der Waals surface area contributed by atoms with Gasteiger partial charge < -0.3 is 4.74 Å². The molecule has 5 fully saturated rings. The van der Waals surface area contributed by atoms with Gasteiger partial charge in [0, 0.05) is 18.0 Å². The molecule has 1 aromatic rings. The molecule has 0 bridgehead atoms. The average Bonchev–Trinajstić information content (AvgIpc) is 3.29. The van der Waals surface area contributed by atoms with E-state index in [-0.39, 0.29) is 23.5 Å². The van der Waals surface area contributed by atoms with Gasteiger partial charge in [0.2, 0.25) is 0 Å². The maximum atomic E-state index is 12.8. The van der Waals surface area contributed by atoms with E-state index < -0.39 is 17.5 Å². The monoisotopic (exact) mass is 504 g/mol. The van der Waals surface area contributed by atoms with Crippen LogP contribution < -0.4 is 0 Å². The second-order valence-electron chi connectivity index (χ2n) is 12.7. The Morgan fingerprint density at radius 1 is 1.06 bits per heavy atom. The summed E-state index contributed by atoms with van der Waals surface area (Å²) in [5.74, 6) is 2.73. The van der Waals surface area contributed by atoms with Crippen LogP contribution in [0.4, 0.5) is 18.0 Å². The van der Waals surface area contributed by atoms with Gasteiger partial charge in [0.1, 0.15) is 17.1 Å². The Kier molecular flexibility index (Phi) is 5.34. The maximum absolute atomic E-state index is 12.8. The number of nitrogens with zero attached hydrogens (tertiary/aromatic N) is 2. The molecule has 0 radical (unpaired) electrons. The van der Waals surface area contributed by atoms with Crippen LogP contribution in [0.1, 0.15) is 82.9 Å². The molecule has 1 saturated heterocycles. The van der Waals surface area contributed by atoms with E-state index in [1.165, 1.54) is 12.3 Å². The molecular formula is C28H35F3N2O3. The fraction of sp³-hybridized carbons (Fsp3) is 0.750. The minimum Gasteiger partial charge on any atom is -0.441 e. The lowest BCUT2D eigenvalue weighted by Crippen LogP contribution is -2.56. The minimum atomic E-state index is -4.48. The summed E-state index contributed by atoms with van der Waals surface area (Å²) in [6.07, 6.45) is 5.20. The number of aromatic nitrogens is 1. The highest BCUT2D eigenvalue weighted by atomic mass is 19.4. The van der Waals surface area contributed by atoms with Crippen molar-refractivity contribution in [3.05, 3.63) is 29.6 Å². The third-order valence-corrected chi connectivity index (χ3v) is 11.0. The quantitative estimate of drug-likeness (QED) is 0.467. The van der Waals surface area contributed by atoms with Gasteiger partial charge in [-0.15, -0.1) is 0 Å². The highest BCUT2D eigenvalue weighted by Crippen LogP contribution is 2.66. The number of amides is 1. The second-order valence-corrected chi connectivity index (χ2v) is 12.7. The van der Waals surface area contributed by atoms with Crippen molar-refractivity contribution in [3.8, 4) is 0 Å². The lowest BCUT2D eigenvalue weighted by Gasteiger charge is -2.61. The van der Waals surface area contributed by atoms with Crippen molar-refractivity contribution in [3.63, 3.8) is 0 Å². The highest BCUT2D eigenvalue weighted by Gasteiger charge is 2.62. The van der Waals surface area contributed by atoms with E-state index in [4.69, 9.17) is 4.74 Å². The molecule has 5 aliphatic rings. The molecule has 0 N–H and O–H groups in total. The Balaban J connectivity index is 1.15. The van der Waals surface area contributed by atoms with E-state index >= 15 is 0 Å². The number of fused-ring (bicyclic) bond motifs is 5. The number of ketones is 1. The Morgan fingerprint density at radius 3 is 2.58 bits per heavy atom. The van der Waals surface area contributed by atoms with Crippen molar-refractivity contribution in [2.75, 3.05) is 6.54 Å². The van der Waals surface area contributed by atoms with Crippen LogP contribution in [-0.4, -0.2) is 33.9 Å². The van der Waals surface area contributed by atoms with Crippen molar-refractivity contribution in [2.24, 2.45) is 34.5 Å². The average molecular weight is 505 g/mol. The first kappa shape index (κ1) is 24.2. The largest absolute Gasteiger partial charge is 0.441 e. The van der Waals surface area contributed by atoms with Gasteiger partial charge in [-0.1, -0.05) is 19.9 Å². The van der Waals surface area contributed by atoms with Crippen molar-refractivity contribution in [1.82, 2.24) is 9.88 Å². The number of hydrogen-bond donors (Lipinski definition) is 0. The van der Waals surface area contributed by atoms with E-state index in [0.29, 0.717) is 41.6 Å². The van der Waals surface area contributed by atoms with Crippen LogP contribution in [0.5, 0.6) is 0 Å². The van der Waals surface area contributed by atoms with Crippen LogP contribution in [0.2, 0.25) is 0 Å². The lowest BCUT2D eigenvalue weighted by atomic mass is 9.44. The van der Waals surface area contributed by atoms with Crippen molar-refractivity contribution >= 4 is 11.9 Å². The number of halogens is 3. The first-order valence-corrected chi connectivity index (χ1v) is 13.5. The Hall–Kier alpha value is -2.12. The third kappa shape index (κ3) is 3.60. The molecule has 7 atom stereocenters. The molecule has 2 heterocycles. The topological polar surface area (TPSA) is 59.5 Å². The zero-order chi connectivity index (χ0) is 25.5. The van der Waals surface area contributed by atoms with Gasteiger partial charge in [-0.05, 0) is 92.1 Å². The zero-order valence-electron chi connectivity index (χ0n) is 21.1. The van der Waals surface area contributed by atoms with Gasteiger partial charge in [-0.2, -0.15) is 13.2 Å². The summed E-state index contributed by atoms with van der Waals surface area (Å²) in [4.78, 5) is 30.6. The van der Waals surface area contributed by atoms with Crippen molar-refractivity contribution in [2.45, 2.75) is 90.0 Å². The predicted molar refractivity (Wildman–Crippen MR) is 126 cm³/mol. The molecule has 4 aliphatic carbocycles. The van der Waals surface area contributed by atoms with Gasteiger partial charge in [0.05, 0.1) is 13.1 Å². The number of hydrogen-bond acceptors (Lipinski definition) is 4.